The lowest BCUT2D eigenvalue weighted by Crippen LogP contribution is -2.26. The van der Waals surface area contributed by atoms with Crippen LogP contribution in [0, 0.1) is 0 Å². The first-order chi connectivity index (χ1) is 15.2. The van der Waals surface area contributed by atoms with Gasteiger partial charge in [0.2, 0.25) is 0 Å². The van der Waals surface area contributed by atoms with Gasteiger partial charge in [-0.2, -0.15) is 5.10 Å². The lowest BCUT2D eigenvalue weighted by Gasteiger charge is -2.09. The smallest absolute Gasteiger partial charge is 0.359 e. The number of aromatic nitrogens is 2. The molecule has 32 heavy (non-hydrogen) atoms. The zero-order chi connectivity index (χ0) is 23.4. The van der Waals surface area contributed by atoms with E-state index in [0.29, 0.717) is 15.8 Å². The van der Waals surface area contributed by atoms with E-state index in [9.17, 15) is 19.2 Å². The van der Waals surface area contributed by atoms with E-state index >= 15 is 0 Å². The van der Waals surface area contributed by atoms with Gasteiger partial charge in [0.05, 0.1) is 17.6 Å². The van der Waals surface area contributed by atoms with Gasteiger partial charge in [0, 0.05) is 17.3 Å². The van der Waals surface area contributed by atoms with Gasteiger partial charge in [-0.15, -0.1) is 11.3 Å². The summed E-state index contributed by atoms with van der Waals surface area (Å²) in [6.45, 7) is 5.26. The molecule has 0 spiro atoms. The van der Waals surface area contributed by atoms with Crippen LogP contribution in [0.1, 0.15) is 52.4 Å². The molecular formula is C22H23N3O6S. The summed E-state index contributed by atoms with van der Waals surface area (Å²) in [6, 6.07) is 8.22. The number of amides is 1. The molecule has 1 N–H and O–H groups in total. The van der Waals surface area contributed by atoms with E-state index < -0.39 is 24.5 Å². The van der Waals surface area contributed by atoms with Crippen molar-refractivity contribution in [3.05, 3.63) is 56.8 Å². The molecule has 0 fully saturated rings. The lowest BCUT2D eigenvalue weighted by molar-refractivity contribution is -0.119. The van der Waals surface area contributed by atoms with E-state index in [-0.39, 0.29) is 29.3 Å². The van der Waals surface area contributed by atoms with Crippen molar-refractivity contribution in [2.45, 2.75) is 26.7 Å². The SMILES string of the molecule is CCOC(=O)c1cc(C(C)C)sc1NC(=O)COC(=O)c1nn(C)c(=O)c2ccccc12. The van der Waals surface area contributed by atoms with Crippen molar-refractivity contribution in [2.24, 2.45) is 7.05 Å². The number of thiophene rings is 1. The highest BCUT2D eigenvalue weighted by molar-refractivity contribution is 7.16. The third kappa shape index (κ3) is 4.86. The molecule has 10 heteroatoms. The van der Waals surface area contributed by atoms with Crippen LogP contribution in [-0.4, -0.2) is 40.8 Å². The number of hydrogen-bond donors (Lipinski definition) is 1. The molecule has 1 aromatic carbocycles. The van der Waals surface area contributed by atoms with E-state index in [1.807, 2.05) is 13.8 Å². The van der Waals surface area contributed by atoms with Crippen LogP contribution in [0.15, 0.2) is 35.1 Å². The Kier molecular flexibility index (Phi) is 7.04. The number of ether oxygens (including phenoxy) is 2. The number of rotatable bonds is 7. The van der Waals surface area contributed by atoms with Crippen molar-refractivity contribution in [3.63, 3.8) is 0 Å². The summed E-state index contributed by atoms with van der Waals surface area (Å²) >= 11 is 1.26. The number of anilines is 1. The number of nitrogens with one attached hydrogen (secondary N) is 1. The Morgan fingerprint density at radius 1 is 1.12 bits per heavy atom. The van der Waals surface area contributed by atoms with E-state index in [2.05, 4.69) is 10.4 Å². The summed E-state index contributed by atoms with van der Waals surface area (Å²) in [4.78, 5) is 50.4. The first-order valence-corrected chi connectivity index (χ1v) is 10.8. The molecule has 0 aliphatic rings. The highest BCUT2D eigenvalue weighted by atomic mass is 32.1. The van der Waals surface area contributed by atoms with Crippen LogP contribution in [0.5, 0.6) is 0 Å². The van der Waals surface area contributed by atoms with Gasteiger partial charge in [-0.25, -0.2) is 14.3 Å². The molecule has 9 nitrogen and oxygen atoms in total. The Bertz CT molecular complexity index is 1240. The van der Waals surface area contributed by atoms with Crippen LogP contribution in [0.25, 0.3) is 10.8 Å². The van der Waals surface area contributed by atoms with Gasteiger partial charge in [0.15, 0.2) is 12.3 Å². The first kappa shape index (κ1) is 23.1. The zero-order valence-electron chi connectivity index (χ0n) is 18.1. The molecule has 1 amide bonds. The van der Waals surface area contributed by atoms with Gasteiger partial charge in [0.25, 0.3) is 11.5 Å². The Labute approximate surface area is 188 Å². The monoisotopic (exact) mass is 457 g/mol. The summed E-state index contributed by atoms with van der Waals surface area (Å²) in [5, 5.41) is 7.59. The van der Waals surface area contributed by atoms with E-state index in [1.165, 1.54) is 18.4 Å². The Morgan fingerprint density at radius 3 is 2.47 bits per heavy atom. The summed E-state index contributed by atoms with van der Waals surface area (Å²) in [6.07, 6.45) is 0. The van der Waals surface area contributed by atoms with Gasteiger partial charge in [0.1, 0.15) is 5.00 Å². The largest absolute Gasteiger partial charge is 0.462 e. The molecule has 2 aromatic heterocycles. The van der Waals surface area contributed by atoms with Gasteiger partial charge < -0.3 is 14.8 Å². The molecule has 0 atom stereocenters. The van der Waals surface area contributed by atoms with Crippen LogP contribution in [-0.2, 0) is 21.3 Å². The number of aryl methyl sites for hydroxylation is 1. The molecular weight excluding hydrogens is 434 g/mol. The number of esters is 2. The predicted octanol–water partition coefficient (Wildman–Crippen LogP) is 3.09. The maximum absolute atomic E-state index is 12.6. The molecule has 0 saturated carbocycles. The molecule has 168 valence electrons. The average molecular weight is 458 g/mol. The summed E-state index contributed by atoms with van der Waals surface area (Å²) in [7, 11) is 1.43. The molecule has 3 aromatic rings. The van der Waals surface area contributed by atoms with Crippen molar-refractivity contribution in [1.29, 1.82) is 0 Å². The molecule has 0 aliphatic heterocycles. The molecule has 3 rings (SSSR count). The van der Waals surface area contributed by atoms with Crippen molar-refractivity contribution in [2.75, 3.05) is 18.5 Å². The fourth-order valence-corrected chi connectivity index (χ4v) is 4.03. The average Bonchev–Trinajstić information content (AvgIpc) is 3.19. The Balaban J connectivity index is 1.76. The van der Waals surface area contributed by atoms with E-state index in [1.54, 1.807) is 37.3 Å². The molecule has 0 bridgehead atoms. The van der Waals surface area contributed by atoms with Crippen LogP contribution in [0.4, 0.5) is 5.00 Å². The predicted molar refractivity (Wildman–Crippen MR) is 120 cm³/mol. The van der Waals surface area contributed by atoms with Gasteiger partial charge in [-0.05, 0) is 25.0 Å². The van der Waals surface area contributed by atoms with E-state index in [0.717, 1.165) is 9.56 Å². The fraction of sp³-hybridized carbons (Fsp3) is 0.318. The van der Waals surface area contributed by atoms with Crippen LogP contribution in [0.3, 0.4) is 0 Å². The van der Waals surface area contributed by atoms with Crippen molar-refractivity contribution >= 4 is 45.0 Å². The van der Waals surface area contributed by atoms with Gasteiger partial charge >= 0.3 is 11.9 Å². The van der Waals surface area contributed by atoms with Crippen LogP contribution >= 0.6 is 11.3 Å². The highest BCUT2D eigenvalue weighted by Gasteiger charge is 2.22. The molecule has 0 saturated heterocycles. The van der Waals surface area contributed by atoms with Gasteiger partial charge in [-0.1, -0.05) is 32.0 Å². The second kappa shape index (κ2) is 9.73. The standard InChI is InChI=1S/C22H23N3O6S/c1-5-30-21(28)15-10-16(12(2)3)32-19(15)23-17(26)11-31-22(29)18-13-8-6-7-9-14(13)20(27)25(4)24-18/h6-10,12H,5,11H2,1-4H3,(H,23,26). The molecule has 0 unspecified atom stereocenters. The minimum atomic E-state index is -0.841. The Hall–Kier alpha value is -3.53. The van der Waals surface area contributed by atoms with Crippen molar-refractivity contribution in [1.82, 2.24) is 9.78 Å². The summed E-state index contributed by atoms with van der Waals surface area (Å²) in [5.41, 5.74) is -0.160. The number of benzene rings is 1. The number of nitrogens with zero attached hydrogens (tertiary/aromatic N) is 2. The molecule has 2 heterocycles. The summed E-state index contributed by atoms with van der Waals surface area (Å²) < 4.78 is 11.2. The summed E-state index contributed by atoms with van der Waals surface area (Å²) in [5.74, 6) is -1.84. The lowest BCUT2D eigenvalue weighted by atomic mass is 10.1. The third-order valence-electron chi connectivity index (χ3n) is 4.55. The number of carbonyl (C=O) groups is 3. The van der Waals surface area contributed by atoms with Gasteiger partial charge in [-0.3, -0.25) is 9.59 Å². The maximum atomic E-state index is 12.6. The minimum absolute atomic E-state index is 0.0686. The topological polar surface area (TPSA) is 117 Å². The van der Waals surface area contributed by atoms with Crippen molar-refractivity contribution in [3.8, 4) is 0 Å². The second-order valence-electron chi connectivity index (χ2n) is 7.21. The van der Waals surface area contributed by atoms with E-state index in [4.69, 9.17) is 9.47 Å². The Morgan fingerprint density at radius 2 is 1.81 bits per heavy atom. The maximum Gasteiger partial charge on any atom is 0.359 e. The minimum Gasteiger partial charge on any atom is -0.462 e. The van der Waals surface area contributed by atoms with Crippen molar-refractivity contribution < 1.29 is 23.9 Å². The molecule has 0 radical (unpaired) electrons. The van der Waals surface area contributed by atoms with Crippen LogP contribution in [0.2, 0.25) is 0 Å². The van der Waals surface area contributed by atoms with Crippen LogP contribution < -0.4 is 10.9 Å². The third-order valence-corrected chi connectivity index (χ3v) is 5.90. The number of fused-ring (bicyclic) bond motifs is 1. The normalized spacial score (nSPS) is 10.9. The fourth-order valence-electron chi connectivity index (χ4n) is 2.96. The molecule has 0 aliphatic carbocycles. The highest BCUT2D eigenvalue weighted by Crippen LogP contribution is 2.33. The first-order valence-electron chi connectivity index (χ1n) is 9.96. The zero-order valence-corrected chi connectivity index (χ0v) is 18.9. The number of carbonyl (C=O) groups excluding carboxylic acids is 3. The quantitative estimate of drug-likeness (QED) is 0.542. The number of hydrogen-bond acceptors (Lipinski definition) is 8. The second-order valence-corrected chi connectivity index (χ2v) is 8.30.